The highest BCUT2D eigenvalue weighted by Crippen LogP contribution is 2.35. The molecule has 1 aliphatic carbocycles. The molecule has 2 atom stereocenters. The fourth-order valence-corrected chi connectivity index (χ4v) is 3.16. The molecule has 0 radical (unpaired) electrons. The third-order valence-electron chi connectivity index (χ3n) is 4.36. The van der Waals surface area contributed by atoms with Gasteiger partial charge in [0, 0.05) is 19.2 Å². The molecular formula is C14H27NO. The molecule has 0 aromatic carbocycles. The minimum absolute atomic E-state index is 0.449. The maximum atomic E-state index is 5.58. The SMILES string of the molecule is CC1CC(NCC2(C)CCCCC2)CCO1. The fourth-order valence-electron chi connectivity index (χ4n) is 3.16. The van der Waals surface area contributed by atoms with Crippen molar-refractivity contribution in [2.75, 3.05) is 13.2 Å². The predicted molar refractivity (Wildman–Crippen MR) is 67.6 cm³/mol. The van der Waals surface area contributed by atoms with Gasteiger partial charge >= 0.3 is 0 Å². The van der Waals surface area contributed by atoms with Gasteiger partial charge in [0.25, 0.3) is 0 Å². The molecule has 1 heterocycles. The van der Waals surface area contributed by atoms with E-state index in [1.54, 1.807) is 0 Å². The minimum atomic E-state index is 0.449. The smallest absolute Gasteiger partial charge is 0.0561 e. The van der Waals surface area contributed by atoms with Crippen LogP contribution in [0.5, 0.6) is 0 Å². The Labute approximate surface area is 100 Å². The van der Waals surface area contributed by atoms with Crippen LogP contribution < -0.4 is 5.32 Å². The molecule has 0 aromatic rings. The van der Waals surface area contributed by atoms with Crippen LogP contribution in [0.4, 0.5) is 0 Å². The number of hydrogen-bond acceptors (Lipinski definition) is 2. The summed E-state index contributed by atoms with van der Waals surface area (Å²) in [7, 11) is 0. The zero-order valence-corrected chi connectivity index (χ0v) is 10.9. The van der Waals surface area contributed by atoms with Crippen LogP contribution in [0, 0.1) is 5.41 Å². The van der Waals surface area contributed by atoms with Crippen molar-refractivity contribution in [2.24, 2.45) is 5.41 Å². The molecule has 2 unspecified atom stereocenters. The van der Waals surface area contributed by atoms with E-state index in [0.29, 0.717) is 17.6 Å². The van der Waals surface area contributed by atoms with Crippen LogP contribution >= 0.6 is 0 Å². The quantitative estimate of drug-likeness (QED) is 0.797. The van der Waals surface area contributed by atoms with Crippen LogP contribution in [0.3, 0.4) is 0 Å². The van der Waals surface area contributed by atoms with Crippen LogP contribution in [0.2, 0.25) is 0 Å². The average molecular weight is 225 g/mol. The lowest BCUT2D eigenvalue weighted by Crippen LogP contribution is -2.43. The molecule has 2 nitrogen and oxygen atoms in total. The van der Waals surface area contributed by atoms with Crippen molar-refractivity contribution in [2.45, 2.75) is 70.9 Å². The molecule has 0 aromatic heterocycles. The maximum Gasteiger partial charge on any atom is 0.0561 e. The van der Waals surface area contributed by atoms with E-state index in [-0.39, 0.29) is 0 Å². The first-order valence-corrected chi connectivity index (χ1v) is 7.03. The lowest BCUT2D eigenvalue weighted by molar-refractivity contribution is 0.0106. The second kappa shape index (κ2) is 5.50. The van der Waals surface area contributed by atoms with Crippen molar-refractivity contribution in [3.8, 4) is 0 Å². The monoisotopic (exact) mass is 225 g/mol. The molecule has 1 saturated carbocycles. The summed E-state index contributed by atoms with van der Waals surface area (Å²) in [5.41, 5.74) is 0.569. The standard InChI is InChI=1S/C14H27NO/c1-12-10-13(6-9-16-12)15-11-14(2)7-4-3-5-8-14/h12-13,15H,3-11H2,1-2H3. The average Bonchev–Trinajstić information content (AvgIpc) is 2.28. The van der Waals surface area contributed by atoms with E-state index in [9.17, 15) is 0 Å². The minimum Gasteiger partial charge on any atom is -0.378 e. The van der Waals surface area contributed by atoms with Gasteiger partial charge < -0.3 is 10.1 Å². The summed E-state index contributed by atoms with van der Waals surface area (Å²) in [6, 6.07) is 0.697. The third kappa shape index (κ3) is 3.46. The summed E-state index contributed by atoms with van der Waals surface area (Å²) in [4.78, 5) is 0. The van der Waals surface area contributed by atoms with Gasteiger partial charge in [0.2, 0.25) is 0 Å². The zero-order valence-electron chi connectivity index (χ0n) is 10.9. The van der Waals surface area contributed by atoms with Gasteiger partial charge in [-0.05, 0) is 38.0 Å². The van der Waals surface area contributed by atoms with E-state index in [1.807, 2.05) is 0 Å². The molecule has 0 amide bonds. The Balaban J connectivity index is 1.73. The summed E-state index contributed by atoms with van der Waals surface area (Å²) in [5.74, 6) is 0. The first kappa shape index (κ1) is 12.4. The van der Waals surface area contributed by atoms with E-state index < -0.39 is 0 Å². The largest absolute Gasteiger partial charge is 0.378 e. The molecule has 16 heavy (non-hydrogen) atoms. The Bertz CT molecular complexity index is 211. The normalized spacial score (nSPS) is 34.9. The van der Waals surface area contributed by atoms with Crippen molar-refractivity contribution in [1.82, 2.24) is 5.32 Å². The molecular weight excluding hydrogens is 198 g/mol. The molecule has 2 heteroatoms. The molecule has 1 saturated heterocycles. The van der Waals surface area contributed by atoms with Gasteiger partial charge in [0.15, 0.2) is 0 Å². The Morgan fingerprint density at radius 2 is 2.00 bits per heavy atom. The van der Waals surface area contributed by atoms with Gasteiger partial charge in [-0.15, -0.1) is 0 Å². The highest BCUT2D eigenvalue weighted by molar-refractivity contribution is 4.83. The lowest BCUT2D eigenvalue weighted by atomic mass is 9.75. The van der Waals surface area contributed by atoms with Gasteiger partial charge in [-0.2, -0.15) is 0 Å². The van der Waals surface area contributed by atoms with Crippen molar-refractivity contribution >= 4 is 0 Å². The topological polar surface area (TPSA) is 21.3 Å². The number of ether oxygens (including phenoxy) is 1. The molecule has 0 spiro atoms. The Morgan fingerprint density at radius 3 is 2.69 bits per heavy atom. The summed E-state index contributed by atoms with van der Waals surface area (Å²) in [6.07, 6.45) is 9.98. The van der Waals surface area contributed by atoms with Crippen LogP contribution in [-0.2, 0) is 4.74 Å². The molecule has 1 aliphatic heterocycles. The van der Waals surface area contributed by atoms with Gasteiger partial charge in [0.1, 0.15) is 0 Å². The first-order valence-electron chi connectivity index (χ1n) is 7.03. The number of nitrogens with one attached hydrogen (secondary N) is 1. The Kier molecular flexibility index (Phi) is 4.26. The summed E-state index contributed by atoms with van der Waals surface area (Å²) >= 11 is 0. The van der Waals surface area contributed by atoms with Gasteiger partial charge in [-0.1, -0.05) is 26.2 Å². The number of rotatable bonds is 3. The first-order chi connectivity index (χ1) is 7.68. The number of hydrogen-bond donors (Lipinski definition) is 1. The van der Waals surface area contributed by atoms with E-state index >= 15 is 0 Å². The van der Waals surface area contributed by atoms with E-state index in [2.05, 4.69) is 19.2 Å². The van der Waals surface area contributed by atoms with Crippen molar-refractivity contribution in [3.05, 3.63) is 0 Å². The maximum absolute atomic E-state index is 5.58. The van der Waals surface area contributed by atoms with Crippen molar-refractivity contribution < 1.29 is 4.74 Å². The zero-order chi connectivity index (χ0) is 11.4. The van der Waals surface area contributed by atoms with Crippen LogP contribution in [0.15, 0.2) is 0 Å². The third-order valence-corrected chi connectivity index (χ3v) is 4.36. The second-order valence-electron chi connectivity index (χ2n) is 6.15. The van der Waals surface area contributed by atoms with Crippen molar-refractivity contribution in [1.29, 1.82) is 0 Å². The highest BCUT2D eigenvalue weighted by Gasteiger charge is 2.28. The van der Waals surface area contributed by atoms with E-state index in [1.165, 1.54) is 51.5 Å². The van der Waals surface area contributed by atoms with Crippen molar-refractivity contribution in [3.63, 3.8) is 0 Å². The molecule has 94 valence electrons. The molecule has 1 N–H and O–H groups in total. The summed E-state index contributed by atoms with van der Waals surface area (Å²) in [6.45, 7) is 6.80. The van der Waals surface area contributed by atoms with Gasteiger partial charge in [-0.25, -0.2) is 0 Å². The van der Waals surface area contributed by atoms with Gasteiger partial charge in [-0.3, -0.25) is 0 Å². The molecule has 2 fully saturated rings. The lowest BCUT2D eigenvalue weighted by Gasteiger charge is -2.37. The van der Waals surface area contributed by atoms with E-state index in [0.717, 1.165) is 6.61 Å². The predicted octanol–water partition coefficient (Wildman–Crippen LogP) is 3.11. The van der Waals surface area contributed by atoms with E-state index in [4.69, 9.17) is 4.74 Å². The Morgan fingerprint density at radius 1 is 1.25 bits per heavy atom. The summed E-state index contributed by atoms with van der Waals surface area (Å²) < 4.78 is 5.58. The highest BCUT2D eigenvalue weighted by atomic mass is 16.5. The second-order valence-corrected chi connectivity index (χ2v) is 6.15. The Hall–Kier alpha value is -0.0800. The summed E-state index contributed by atoms with van der Waals surface area (Å²) in [5, 5.41) is 3.78. The van der Waals surface area contributed by atoms with Crippen LogP contribution in [0.1, 0.15) is 58.8 Å². The molecule has 2 aliphatic rings. The van der Waals surface area contributed by atoms with Crippen LogP contribution in [-0.4, -0.2) is 25.3 Å². The fraction of sp³-hybridized carbons (Fsp3) is 1.00. The molecule has 2 rings (SSSR count). The van der Waals surface area contributed by atoms with Gasteiger partial charge in [0.05, 0.1) is 6.10 Å². The van der Waals surface area contributed by atoms with Crippen LogP contribution in [0.25, 0.3) is 0 Å². The molecule has 0 bridgehead atoms.